The van der Waals surface area contributed by atoms with Crippen molar-refractivity contribution in [1.29, 1.82) is 0 Å². The maximum absolute atomic E-state index is 5.63. The number of nitrogen functional groups attached to an aromatic ring is 1. The number of nitrogens with two attached hydrogens (primary N) is 1. The van der Waals surface area contributed by atoms with Crippen molar-refractivity contribution in [2.75, 3.05) is 12.5 Å². The summed E-state index contributed by atoms with van der Waals surface area (Å²) >= 11 is 0. The maximum atomic E-state index is 5.63. The van der Waals surface area contributed by atoms with E-state index in [0.29, 0.717) is 0 Å². The summed E-state index contributed by atoms with van der Waals surface area (Å²) in [6, 6.07) is 10.3. The minimum atomic E-state index is 0.150. The molecule has 2 aromatic rings. The highest BCUT2D eigenvalue weighted by molar-refractivity contribution is 5.81. The fourth-order valence-electron chi connectivity index (χ4n) is 2.14. The molecule has 1 heterocycles. The van der Waals surface area contributed by atoms with Gasteiger partial charge in [0.05, 0.1) is 5.52 Å². The largest absolute Gasteiger partial charge is 0.308 e. The topological polar surface area (TPSA) is 54.2 Å². The van der Waals surface area contributed by atoms with Gasteiger partial charge in [-0.15, -0.1) is 0 Å². The highest BCUT2D eigenvalue weighted by Gasteiger charge is 2.22. The molecule has 0 radical (unpaired) electrons. The quantitative estimate of drug-likeness (QED) is 0.648. The Hall–Kier alpha value is -1.65. The molecule has 1 aromatic carbocycles. The summed E-state index contributed by atoms with van der Waals surface area (Å²) in [4.78, 5) is 6.92. The zero-order valence-corrected chi connectivity index (χ0v) is 12.8. The van der Waals surface area contributed by atoms with E-state index in [9.17, 15) is 0 Å². The molecule has 0 aliphatic rings. The van der Waals surface area contributed by atoms with Crippen molar-refractivity contribution in [3.8, 4) is 0 Å². The van der Waals surface area contributed by atoms with Gasteiger partial charge in [-0.25, -0.2) is 10.8 Å². The van der Waals surface area contributed by atoms with Crippen LogP contribution in [0.25, 0.3) is 10.9 Å². The zero-order chi connectivity index (χ0) is 14.8. The molecule has 3 N–H and O–H groups in total. The lowest BCUT2D eigenvalue weighted by Crippen LogP contribution is -2.40. The Kier molecular flexibility index (Phi) is 4.26. The molecule has 4 nitrogen and oxygen atoms in total. The van der Waals surface area contributed by atoms with E-state index in [-0.39, 0.29) is 5.54 Å². The molecule has 2 rings (SSSR count). The molecular weight excluding hydrogens is 248 g/mol. The predicted octanol–water partition coefficient (Wildman–Crippen LogP) is 3.14. The first-order chi connectivity index (χ1) is 9.47. The van der Waals surface area contributed by atoms with Gasteiger partial charge < -0.3 is 5.43 Å². The Morgan fingerprint density at radius 2 is 2.00 bits per heavy atom. The van der Waals surface area contributed by atoms with Crippen LogP contribution in [0, 0.1) is 0 Å². The van der Waals surface area contributed by atoms with Crippen LogP contribution in [0.1, 0.15) is 32.8 Å². The minimum absolute atomic E-state index is 0.150. The van der Waals surface area contributed by atoms with E-state index in [1.807, 2.05) is 18.2 Å². The van der Waals surface area contributed by atoms with Gasteiger partial charge in [-0.05, 0) is 39.4 Å². The highest BCUT2D eigenvalue weighted by atomic mass is 15.3. The van der Waals surface area contributed by atoms with E-state index in [1.165, 1.54) is 0 Å². The highest BCUT2D eigenvalue weighted by Crippen LogP contribution is 2.24. The molecule has 0 saturated carbocycles. The van der Waals surface area contributed by atoms with Gasteiger partial charge in [-0.2, -0.15) is 0 Å². The van der Waals surface area contributed by atoms with Crippen molar-refractivity contribution in [3.63, 3.8) is 0 Å². The van der Waals surface area contributed by atoms with Crippen molar-refractivity contribution in [3.05, 3.63) is 35.9 Å². The lowest BCUT2D eigenvalue weighted by atomic mass is 9.99. The molecule has 20 heavy (non-hydrogen) atoms. The monoisotopic (exact) mass is 272 g/mol. The van der Waals surface area contributed by atoms with Crippen LogP contribution in [-0.2, 0) is 6.54 Å². The van der Waals surface area contributed by atoms with Gasteiger partial charge in [0.2, 0.25) is 0 Å². The van der Waals surface area contributed by atoms with Gasteiger partial charge in [-0.3, -0.25) is 4.90 Å². The van der Waals surface area contributed by atoms with Crippen LogP contribution >= 0.6 is 0 Å². The summed E-state index contributed by atoms with van der Waals surface area (Å²) in [6.45, 7) is 7.52. The average molecular weight is 272 g/mol. The van der Waals surface area contributed by atoms with E-state index in [1.54, 1.807) is 0 Å². The number of aromatic nitrogens is 1. The molecule has 0 spiro atoms. The number of anilines is 1. The summed E-state index contributed by atoms with van der Waals surface area (Å²) in [5, 5.41) is 1.14. The number of hydrazine groups is 1. The van der Waals surface area contributed by atoms with Crippen LogP contribution < -0.4 is 11.3 Å². The van der Waals surface area contributed by atoms with Gasteiger partial charge in [0.25, 0.3) is 0 Å². The first-order valence-corrected chi connectivity index (χ1v) is 7.04. The van der Waals surface area contributed by atoms with E-state index in [4.69, 9.17) is 5.84 Å². The van der Waals surface area contributed by atoms with E-state index in [0.717, 1.165) is 35.2 Å². The van der Waals surface area contributed by atoms with Gasteiger partial charge in [0.15, 0.2) is 0 Å². The van der Waals surface area contributed by atoms with Gasteiger partial charge in [-0.1, -0.05) is 25.1 Å². The number of hydrogen-bond acceptors (Lipinski definition) is 4. The third kappa shape index (κ3) is 2.92. The summed E-state index contributed by atoms with van der Waals surface area (Å²) in [5.41, 5.74) is 4.96. The number of fused-ring (bicyclic) bond motifs is 1. The van der Waals surface area contributed by atoms with Crippen molar-refractivity contribution in [1.82, 2.24) is 9.88 Å². The normalized spacial score (nSPS) is 12.1. The number of pyridine rings is 1. The van der Waals surface area contributed by atoms with Crippen LogP contribution in [0.5, 0.6) is 0 Å². The number of benzene rings is 1. The standard InChI is InChI=1S/C16H24N4/c1-5-16(2,3)20(4)11-13-10-12-8-6-7-9-14(12)18-15(13)19-17/h6-10H,5,11,17H2,1-4H3,(H,18,19). The molecule has 0 atom stereocenters. The maximum Gasteiger partial charge on any atom is 0.145 e. The summed E-state index contributed by atoms with van der Waals surface area (Å²) in [5.74, 6) is 6.38. The van der Waals surface area contributed by atoms with Gasteiger partial charge >= 0.3 is 0 Å². The lowest BCUT2D eigenvalue weighted by molar-refractivity contribution is 0.143. The number of rotatable bonds is 5. The Morgan fingerprint density at radius 3 is 2.65 bits per heavy atom. The Morgan fingerprint density at radius 1 is 1.30 bits per heavy atom. The van der Waals surface area contributed by atoms with Crippen molar-refractivity contribution < 1.29 is 0 Å². The Balaban J connectivity index is 2.38. The fraction of sp³-hybridized carbons (Fsp3) is 0.438. The summed E-state index contributed by atoms with van der Waals surface area (Å²) < 4.78 is 0. The second-order valence-corrected chi connectivity index (χ2v) is 5.86. The zero-order valence-electron chi connectivity index (χ0n) is 12.8. The second kappa shape index (κ2) is 5.77. The molecule has 0 unspecified atom stereocenters. The molecular formula is C16H24N4. The molecule has 108 valence electrons. The molecule has 0 bridgehead atoms. The predicted molar refractivity (Wildman–Crippen MR) is 85.4 cm³/mol. The molecule has 4 heteroatoms. The first-order valence-electron chi connectivity index (χ1n) is 7.04. The van der Waals surface area contributed by atoms with Crippen LogP contribution in [0.15, 0.2) is 30.3 Å². The van der Waals surface area contributed by atoms with E-state index in [2.05, 4.69) is 55.3 Å². The van der Waals surface area contributed by atoms with E-state index >= 15 is 0 Å². The van der Waals surface area contributed by atoms with Crippen molar-refractivity contribution >= 4 is 16.7 Å². The molecule has 0 aliphatic heterocycles. The SMILES string of the molecule is CCC(C)(C)N(C)Cc1cc2ccccc2nc1NN. The Labute approximate surface area is 121 Å². The van der Waals surface area contributed by atoms with Crippen LogP contribution in [0.4, 0.5) is 5.82 Å². The summed E-state index contributed by atoms with van der Waals surface area (Å²) in [6.07, 6.45) is 1.09. The smallest absolute Gasteiger partial charge is 0.145 e. The molecule has 0 saturated heterocycles. The lowest BCUT2D eigenvalue weighted by Gasteiger charge is -2.35. The molecule has 1 aromatic heterocycles. The van der Waals surface area contributed by atoms with Crippen molar-refractivity contribution in [2.24, 2.45) is 5.84 Å². The number of nitrogens with zero attached hydrogens (tertiary/aromatic N) is 2. The first kappa shape index (κ1) is 14.8. The fourth-order valence-corrected chi connectivity index (χ4v) is 2.14. The van der Waals surface area contributed by atoms with Crippen LogP contribution in [-0.4, -0.2) is 22.5 Å². The number of nitrogens with one attached hydrogen (secondary N) is 1. The molecule has 0 aliphatic carbocycles. The third-order valence-corrected chi connectivity index (χ3v) is 4.25. The Bertz CT molecular complexity index is 592. The van der Waals surface area contributed by atoms with Gasteiger partial charge in [0.1, 0.15) is 5.82 Å². The second-order valence-electron chi connectivity index (χ2n) is 5.86. The number of para-hydroxylation sites is 1. The molecule has 0 fully saturated rings. The molecule has 0 amide bonds. The van der Waals surface area contributed by atoms with Gasteiger partial charge in [0, 0.05) is 23.0 Å². The minimum Gasteiger partial charge on any atom is -0.308 e. The van der Waals surface area contributed by atoms with E-state index < -0.39 is 0 Å². The number of hydrogen-bond donors (Lipinski definition) is 2. The summed E-state index contributed by atoms with van der Waals surface area (Å²) in [7, 11) is 2.14. The third-order valence-electron chi connectivity index (χ3n) is 4.25. The van der Waals surface area contributed by atoms with Crippen molar-refractivity contribution in [2.45, 2.75) is 39.3 Å². The average Bonchev–Trinajstić information content (AvgIpc) is 2.46. The van der Waals surface area contributed by atoms with Crippen LogP contribution in [0.3, 0.4) is 0 Å². The van der Waals surface area contributed by atoms with Crippen LogP contribution in [0.2, 0.25) is 0 Å².